The molecule has 0 aliphatic heterocycles. The van der Waals surface area contributed by atoms with E-state index in [1.165, 1.54) is 20.1 Å². The molecule has 0 saturated heterocycles. The van der Waals surface area contributed by atoms with Gasteiger partial charge in [-0.2, -0.15) is 18.2 Å². The minimum Gasteiger partial charge on any atom is -0.465 e. The van der Waals surface area contributed by atoms with E-state index in [2.05, 4.69) is 25.1 Å². The number of carbonyl (C=O) groups is 2. The van der Waals surface area contributed by atoms with Gasteiger partial charge in [-0.05, 0) is 25.3 Å². The number of thiophene rings is 1. The van der Waals surface area contributed by atoms with E-state index in [1.807, 2.05) is 0 Å². The summed E-state index contributed by atoms with van der Waals surface area (Å²) in [5.41, 5.74) is 1.31. The number of esters is 1. The first-order chi connectivity index (χ1) is 13.1. The van der Waals surface area contributed by atoms with E-state index >= 15 is 0 Å². The molecule has 12 heteroatoms. The van der Waals surface area contributed by atoms with Gasteiger partial charge in [0.15, 0.2) is 0 Å². The number of fused-ring (bicyclic) bond motifs is 1. The number of nitrogens with one attached hydrogen (secondary N) is 1. The molecule has 1 N–H and O–H groups in total. The number of aryl methyl sites for hydroxylation is 2. The first-order valence-electron chi connectivity index (χ1n) is 7.87. The Kier molecular flexibility index (Phi) is 5.06. The van der Waals surface area contributed by atoms with Gasteiger partial charge in [0.05, 0.1) is 19.1 Å². The minimum absolute atomic E-state index is 0.166. The van der Waals surface area contributed by atoms with Crippen LogP contribution in [0.15, 0.2) is 11.4 Å². The van der Waals surface area contributed by atoms with E-state index in [9.17, 15) is 22.8 Å². The van der Waals surface area contributed by atoms with Gasteiger partial charge in [-0.3, -0.25) is 4.79 Å². The van der Waals surface area contributed by atoms with Crippen LogP contribution in [0.2, 0.25) is 0 Å². The quantitative estimate of drug-likeness (QED) is 0.661. The fraction of sp³-hybridized carbons (Fsp3) is 0.312. The SMILES string of the molecule is COC(=O)c1ccsc1NC(=O)Cc1c(C)nc2nc(C(F)(F)F)nn2c1C. The lowest BCUT2D eigenvalue weighted by atomic mass is 10.1. The van der Waals surface area contributed by atoms with Crippen LogP contribution in [0, 0.1) is 13.8 Å². The third-order valence-corrected chi connectivity index (χ3v) is 4.79. The number of hydrogen-bond acceptors (Lipinski definition) is 7. The molecule has 3 aromatic heterocycles. The number of rotatable bonds is 4. The lowest BCUT2D eigenvalue weighted by Gasteiger charge is -2.10. The highest BCUT2D eigenvalue weighted by Crippen LogP contribution is 2.27. The Labute approximate surface area is 160 Å². The summed E-state index contributed by atoms with van der Waals surface area (Å²) in [5.74, 6) is -2.55. The van der Waals surface area contributed by atoms with Gasteiger partial charge in [0.1, 0.15) is 5.00 Å². The molecule has 0 aromatic carbocycles. The molecule has 0 spiro atoms. The number of methoxy groups -OCH3 is 1. The van der Waals surface area contributed by atoms with Crippen LogP contribution in [0.3, 0.4) is 0 Å². The summed E-state index contributed by atoms with van der Waals surface area (Å²) in [6, 6.07) is 1.52. The highest BCUT2D eigenvalue weighted by molar-refractivity contribution is 7.14. The van der Waals surface area contributed by atoms with Crippen LogP contribution >= 0.6 is 11.3 Å². The van der Waals surface area contributed by atoms with Crippen LogP contribution in [0.1, 0.15) is 33.1 Å². The van der Waals surface area contributed by atoms with Gasteiger partial charge in [0.25, 0.3) is 11.6 Å². The molecule has 28 heavy (non-hydrogen) atoms. The van der Waals surface area contributed by atoms with Crippen molar-refractivity contribution < 1.29 is 27.5 Å². The summed E-state index contributed by atoms with van der Waals surface area (Å²) in [7, 11) is 1.23. The number of aromatic nitrogens is 4. The number of alkyl halides is 3. The normalized spacial score (nSPS) is 11.6. The van der Waals surface area contributed by atoms with Crippen molar-refractivity contribution in [1.29, 1.82) is 0 Å². The molecule has 3 rings (SSSR count). The van der Waals surface area contributed by atoms with Crippen molar-refractivity contribution >= 4 is 34.0 Å². The smallest absolute Gasteiger partial charge is 0.453 e. The van der Waals surface area contributed by atoms with Gasteiger partial charge in [-0.25, -0.2) is 14.3 Å². The van der Waals surface area contributed by atoms with E-state index in [0.717, 1.165) is 15.9 Å². The van der Waals surface area contributed by atoms with E-state index in [-0.39, 0.29) is 17.8 Å². The van der Waals surface area contributed by atoms with Gasteiger partial charge >= 0.3 is 12.1 Å². The molecule has 0 bridgehead atoms. The largest absolute Gasteiger partial charge is 0.465 e. The van der Waals surface area contributed by atoms with E-state index < -0.39 is 23.9 Å². The van der Waals surface area contributed by atoms with Crippen LogP contribution in [0.4, 0.5) is 18.2 Å². The maximum atomic E-state index is 12.8. The molecule has 0 saturated carbocycles. The molecule has 3 heterocycles. The van der Waals surface area contributed by atoms with Crippen molar-refractivity contribution in [3.8, 4) is 0 Å². The summed E-state index contributed by atoms with van der Waals surface area (Å²) in [4.78, 5) is 31.5. The molecule has 0 radical (unpaired) electrons. The lowest BCUT2D eigenvalue weighted by Crippen LogP contribution is -2.18. The average molecular weight is 413 g/mol. The molecule has 0 fully saturated rings. The summed E-state index contributed by atoms with van der Waals surface area (Å²) in [6.45, 7) is 3.10. The molecule has 1 amide bonds. The third kappa shape index (κ3) is 3.67. The molecule has 8 nitrogen and oxygen atoms in total. The minimum atomic E-state index is -4.70. The number of ether oxygens (including phenoxy) is 1. The number of halogens is 3. The zero-order valence-electron chi connectivity index (χ0n) is 14.9. The molecule has 0 atom stereocenters. The van der Waals surface area contributed by atoms with Crippen LogP contribution in [0.25, 0.3) is 5.78 Å². The second-order valence-corrected chi connectivity index (χ2v) is 6.70. The van der Waals surface area contributed by atoms with Crippen molar-refractivity contribution in [3.63, 3.8) is 0 Å². The zero-order chi connectivity index (χ0) is 20.6. The first-order valence-corrected chi connectivity index (χ1v) is 8.75. The maximum Gasteiger partial charge on any atom is 0.453 e. The molecule has 0 aliphatic rings. The molecule has 0 aliphatic carbocycles. The standard InChI is InChI=1S/C16H14F3N5O3S/c1-7-10(6-11(25)21-12-9(4-5-28-12)13(26)27-3)8(2)24-15(20-7)22-14(23-24)16(17,18)19/h4-5H,6H2,1-3H3,(H,21,25). The zero-order valence-corrected chi connectivity index (χ0v) is 15.7. The van der Waals surface area contributed by atoms with E-state index in [0.29, 0.717) is 22.0 Å². The van der Waals surface area contributed by atoms with Gasteiger partial charge < -0.3 is 10.1 Å². The summed E-state index contributed by atoms with van der Waals surface area (Å²) in [5, 5.41) is 8.00. The number of hydrogen-bond donors (Lipinski definition) is 1. The van der Waals surface area contributed by atoms with Gasteiger partial charge in [-0.15, -0.1) is 16.4 Å². The fourth-order valence-corrected chi connectivity index (χ4v) is 3.38. The third-order valence-electron chi connectivity index (χ3n) is 3.96. The Morgan fingerprint density at radius 1 is 1.29 bits per heavy atom. The lowest BCUT2D eigenvalue weighted by molar-refractivity contribution is -0.144. The predicted molar refractivity (Wildman–Crippen MR) is 93.3 cm³/mol. The molecular formula is C16H14F3N5O3S. The van der Waals surface area contributed by atoms with Crippen molar-refractivity contribution in [2.75, 3.05) is 12.4 Å². The van der Waals surface area contributed by atoms with Crippen LogP contribution in [0.5, 0.6) is 0 Å². The second-order valence-electron chi connectivity index (χ2n) is 5.79. The Balaban J connectivity index is 1.89. The molecule has 148 valence electrons. The van der Waals surface area contributed by atoms with Crippen molar-refractivity contribution in [3.05, 3.63) is 39.8 Å². The van der Waals surface area contributed by atoms with Gasteiger partial charge in [0, 0.05) is 17.0 Å². The number of amides is 1. The highest BCUT2D eigenvalue weighted by Gasteiger charge is 2.37. The van der Waals surface area contributed by atoms with Crippen molar-refractivity contribution in [1.82, 2.24) is 19.6 Å². The average Bonchev–Trinajstić information content (AvgIpc) is 3.24. The highest BCUT2D eigenvalue weighted by atomic mass is 32.1. The van der Waals surface area contributed by atoms with Crippen LogP contribution in [-0.4, -0.2) is 38.6 Å². The fourth-order valence-electron chi connectivity index (χ4n) is 2.59. The number of anilines is 1. The Bertz CT molecular complexity index is 1070. The van der Waals surface area contributed by atoms with Crippen molar-refractivity contribution in [2.45, 2.75) is 26.4 Å². The monoisotopic (exact) mass is 413 g/mol. The van der Waals surface area contributed by atoms with Crippen molar-refractivity contribution in [2.24, 2.45) is 0 Å². The van der Waals surface area contributed by atoms with E-state index in [4.69, 9.17) is 0 Å². The Morgan fingerprint density at radius 3 is 2.64 bits per heavy atom. The maximum absolute atomic E-state index is 12.8. The molecule has 3 aromatic rings. The number of carbonyl (C=O) groups excluding carboxylic acids is 2. The summed E-state index contributed by atoms with van der Waals surface area (Å²) in [6.07, 6.45) is -4.87. The van der Waals surface area contributed by atoms with Gasteiger partial charge in [-0.1, -0.05) is 0 Å². The molecular weight excluding hydrogens is 399 g/mol. The Morgan fingerprint density at radius 2 is 2.00 bits per heavy atom. The van der Waals surface area contributed by atoms with Crippen LogP contribution < -0.4 is 5.32 Å². The van der Waals surface area contributed by atoms with Crippen LogP contribution in [-0.2, 0) is 22.1 Å². The first kappa shape index (κ1) is 19.7. The Hall–Kier alpha value is -3.02. The second kappa shape index (κ2) is 7.19. The predicted octanol–water partition coefficient (Wildman–Crippen LogP) is 2.79. The van der Waals surface area contributed by atoms with E-state index in [1.54, 1.807) is 12.3 Å². The summed E-state index contributed by atoms with van der Waals surface area (Å²) < 4.78 is 44.1. The number of nitrogens with zero attached hydrogens (tertiary/aromatic N) is 4. The summed E-state index contributed by atoms with van der Waals surface area (Å²) >= 11 is 1.15. The topological polar surface area (TPSA) is 98.5 Å². The molecule has 0 unspecified atom stereocenters. The van der Waals surface area contributed by atoms with Gasteiger partial charge in [0.2, 0.25) is 5.91 Å².